The summed E-state index contributed by atoms with van der Waals surface area (Å²) >= 11 is 13.7. The third kappa shape index (κ3) is 3.61. The van der Waals surface area contributed by atoms with Crippen LogP contribution in [0.25, 0.3) is 11.1 Å². The molecule has 0 unspecified atom stereocenters. The van der Waals surface area contributed by atoms with Crippen molar-refractivity contribution in [2.75, 3.05) is 0 Å². The van der Waals surface area contributed by atoms with E-state index in [0.717, 1.165) is 22.3 Å². The predicted molar refractivity (Wildman–Crippen MR) is 111 cm³/mol. The number of benzene rings is 1. The van der Waals surface area contributed by atoms with Gasteiger partial charge in [0, 0.05) is 5.56 Å². The van der Waals surface area contributed by atoms with E-state index in [4.69, 9.17) is 27.9 Å². The maximum absolute atomic E-state index is 13.0. The van der Waals surface area contributed by atoms with Crippen molar-refractivity contribution in [2.45, 2.75) is 58.2 Å². The molecule has 0 bridgehead atoms. The minimum Gasteiger partial charge on any atom is -0.354 e. The number of hydrogen-bond acceptors (Lipinski definition) is 4. The second-order valence-corrected chi connectivity index (χ2v) is 10.1. The molecule has 1 aliphatic heterocycles. The average Bonchev–Trinajstić information content (AvgIpc) is 2.91. The van der Waals surface area contributed by atoms with E-state index >= 15 is 0 Å². The van der Waals surface area contributed by atoms with Crippen molar-refractivity contribution in [3.05, 3.63) is 44.1 Å². The lowest BCUT2D eigenvalue weighted by Gasteiger charge is -2.43. The van der Waals surface area contributed by atoms with Crippen LogP contribution in [0.1, 0.15) is 51.7 Å². The zero-order chi connectivity index (χ0) is 20.1. The molecule has 1 aliphatic rings. The molecule has 1 fully saturated rings. The minimum atomic E-state index is -1.02. The molecule has 1 aromatic heterocycles. The number of carbonyl (C=O) groups is 2. The first kappa shape index (κ1) is 20.5. The highest BCUT2D eigenvalue weighted by Gasteiger charge is 2.53. The van der Waals surface area contributed by atoms with E-state index in [1.807, 2.05) is 31.2 Å². The fraction of sp³-hybridized carbons (Fsp3) is 0.429. The van der Waals surface area contributed by atoms with Gasteiger partial charge in [0.05, 0.1) is 4.34 Å². The summed E-state index contributed by atoms with van der Waals surface area (Å²) in [5.74, 6) is -1.23. The van der Waals surface area contributed by atoms with Crippen molar-refractivity contribution in [3.8, 4) is 11.1 Å². The molecule has 0 amide bonds. The molecule has 1 aromatic carbocycles. The Kier molecular flexibility index (Phi) is 5.32. The molecule has 6 heteroatoms. The van der Waals surface area contributed by atoms with Gasteiger partial charge in [-0.3, -0.25) is 9.59 Å². The van der Waals surface area contributed by atoms with E-state index in [-0.39, 0.29) is 11.6 Å². The van der Waals surface area contributed by atoms with Crippen LogP contribution in [0.15, 0.2) is 24.3 Å². The zero-order valence-corrected chi connectivity index (χ0v) is 18.3. The fourth-order valence-electron chi connectivity index (χ4n) is 3.73. The molecule has 2 heterocycles. The standard InChI is InChI=1S/C21H22Cl2O3S/c1-6-11-9-12(14-10-15(22)27-19(14)23)7-8-13(11)16-17(24)20(2,3)26-21(4,5)18(16)25/h7-10,16H,6H2,1-5H3. The maximum atomic E-state index is 13.0. The SMILES string of the molecule is CCc1cc(-c2cc(Cl)sc2Cl)ccc1C1C(=O)C(C)(C)OC(C)(C)C1=O. The second kappa shape index (κ2) is 7.00. The Morgan fingerprint density at radius 1 is 1.04 bits per heavy atom. The lowest BCUT2D eigenvalue weighted by molar-refractivity contribution is -0.184. The van der Waals surface area contributed by atoms with Gasteiger partial charge in [-0.15, -0.1) is 11.3 Å². The smallest absolute Gasteiger partial charge is 0.179 e. The monoisotopic (exact) mass is 424 g/mol. The first-order valence-electron chi connectivity index (χ1n) is 8.84. The summed E-state index contributed by atoms with van der Waals surface area (Å²) in [5, 5.41) is 0. The largest absolute Gasteiger partial charge is 0.354 e. The Balaban J connectivity index is 2.12. The molecule has 3 nitrogen and oxygen atoms in total. The molecule has 0 radical (unpaired) electrons. The second-order valence-electron chi connectivity index (χ2n) is 7.79. The highest BCUT2D eigenvalue weighted by molar-refractivity contribution is 7.20. The van der Waals surface area contributed by atoms with Crippen molar-refractivity contribution in [2.24, 2.45) is 0 Å². The zero-order valence-electron chi connectivity index (χ0n) is 16.0. The Morgan fingerprint density at radius 2 is 1.63 bits per heavy atom. The summed E-state index contributed by atoms with van der Waals surface area (Å²) in [6.45, 7) is 8.91. The van der Waals surface area contributed by atoms with Gasteiger partial charge in [0.1, 0.15) is 21.5 Å². The molecule has 0 N–H and O–H groups in total. The number of aryl methyl sites for hydroxylation is 1. The Morgan fingerprint density at radius 3 is 2.11 bits per heavy atom. The normalized spacial score (nSPS) is 19.5. The summed E-state index contributed by atoms with van der Waals surface area (Å²) in [6.07, 6.45) is 0.692. The van der Waals surface area contributed by atoms with Crippen LogP contribution >= 0.6 is 34.5 Å². The average molecular weight is 425 g/mol. The van der Waals surface area contributed by atoms with Crippen molar-refractivity contribution in [3.63, 3.8) is 0 Å². The number of rotatable bonds is 3. The fourth-order valence-corrected chi connectivity index (χ4v) is 5.24. The van der Waals surface area contributed by atoms with Gasteiger partial charge < -0.3 is 4.74 Å². The predicted octanol–water partition coefficient (Wildman–Crippen LogP) is 6.09. The van der Waals surface area contributed by atoms with E-state index in [1.54, 1.807) is 27.7 Å². The van der Waals surface area contributed by atoms with Gasteiger partial charge in [-0.1, -0.05) is 48.3 Å². The lowest BCUT2D eigenvalue weighted by atomic mass is 9.73. The summed E-state index contributed by atoms with van der Waals surface area (Å²) < 4.78 is 7.03. The van der Waals surface area contributed by atoms with Crippen molar-refractivity contribution in [1.82, 2.24) is 0 Å². The molecule has 3 rings (SSSR count). The van der Waals surface area contributed by atoms with E-state index < -0.39 is 17.1 Å². The number of halogens is 2. The van der Waals surface area contributed by atoms with Gasteiger partial charge >= 0.3 is 0 Å². The van der Waals surface area contributed by atoms with Crippen molar-refractivity contribution < 1.29 is 14.3 Å². The summed E-state index contributed by atoms with van der Waals surface area (Å²) in [6, 6.07) is 7.60. The number of ether oxygens (including phenoxy) is 1. The number of ketones is 2. The van der Waals surface area contributed by atoms with E-state index in [0.29, 0.717) is 15.1 Å². The highest BCUT2D eigenvalue weighted by atomic mass is 35.5. The van der Waals surface area contributed by atoms with Gasteiger partial charge in [0.15, 0.2) is 11.6 Å². The van der Waals surface area contributed by atoms with Gasteiger partial charge in [-0.2, -0.15) is 0 Å². The van der Waals surface area contributed by atoms with Crippen LogP contribution < -0.4 is 0 Å². The number of thiophene rings is 1. The van der Waals surface area contributed by atoms with Gasteiger partial charge in [0.2, 0.25) is 0 Å². The quantitative estimate of drug-likeness (QED) is 0.559. The van der Waals surface area contributed by atoms with Gasteiger partial charge in [-0.05, 0) is 56.9 Å². The molecule has 0 atom stereocenters. The Labute approximate surface area is 173 Å². The molecule has 0 aliphatic carbocycles. The third-order valence-electron chi connectivity index (χ3n) is 5.02. The highest BCUT2D eigenvalue weighted by Crippen LogP contribution is 2.42. The van der Waals surface area contributed by atoms with Crippen LogP contribution in [0.5, 0.6) is 0 Å². The topological polar surface area (TPSA) is 43.4 Å². The molecular formula is C21H22Cl2O3S. The molecule has 0 spiro atoms. The first-order chi connectivity index (χ1) is 12.5. The summed E-state index contributed by atoms with van der Waals surface area (Å²) in [7, 11) is 0. The van der Waals surface area contributed by atoms with E-state index in [9.17, 15) is 9.59 Å². The maximum Gasteiger partial charge on any atom is 0.179 e. The molecule has 1 saturated heterocycles. The van der Waals surface area contributed by atoms with Crippen molar-refractivity contribution >= 4 is 46.1 Å². The Hall–Kier alpha value is -1.20. The number of hydrogen-bond donors (Lipinski definition) is 0. The molecular weight excluding hydrogens is 403 g/mol. The van der Waals surface area contributed by atoms with Crippen LogP contribution in [0.3, 0.4) is 0 Å². The van der Waals surface area contributed by atoms with Gasteiger partial charge in [0.25, 0.3) is 0 Å². The van der Waals surface area contributed by atoms with E-state index in [1.165, 1.54) is 11.3 Å². The number of Topliss-reactive ketones (excluding diaryl/α,β-unsaturated/α-hetero) is 2. The first-order valence-corrected chi connectivity index (χ1v) is 10.4. The van der Waals surface area contributed by atoms with Crippen LogP contribution in [0.2, 0.25) is 8.67 Å². The molecule has 27 heavy (non-hydrogen) atoms. The summed E-state index contributed by atoms with van der Waals surface area (Å²) in [5.41, 5.74) is 1.45. The minimum absolute atomic E-state index is 0.203. The molecule has 144 valence electrons. The molecule has 0 saturated carbocycles. The summed E-state index contributed by atoms with van der Waals surface area (Å²) in [4.78, 5) is 26.1. The van der Waals surface area contributed by atoms with Crippen LogP contribution in [-0.2, 0) is 20.7 Å². The van der Waals surface area contributed by atoms with Crippen LogP contribution in [0.4, 0.5) is 0 Å². The Bertz CT molecular complexity index is 902. The van der Waals surface area contributed by atoms with E-state index in [2.05, 4.69) is 0 Å². The third-order valence-corrected chi connectivity index (χ3v) is 6.51. The van der Waals surface area contributed by atoms with Crippen LogP contribution in [0, 0.1) is 0 Å². The van der Waals surface area contributed by atoms with Crippen LogP contribution in [-0.4, -0.2) is 22.8 Å². The van der Waals surface area contributed by atoms with Crippen molar-refractivity contribution in [1.29, 1.82) is 0 Å². The molecule has 2 aromatic rings. The lowest BCUT2D eigenvalue weighted by Crippen LogP contribution is -2.58. The van der Waals surface area contributed by atoms with Gasteiger partial charge in [-0.25, -0.2) is 0 Å². The number of carbonyl (C=O) groups excluding carboxylic acids is 2.